The van der Waals surface area contributed by atoms with Crippen molar-refractivity contribution in [3.8, 4) is 17.0 Å². The number of nitrogen functional groups attached to an aromatic ring is 1. The number of nitrogens with two attached hydrogens (primary N) is 2. The molecule has 1 atom stereocenters. The van der Waals surface area contributed by atoms with E-state index in [0.717, 1.165) is 17.5 Å². The van der Waals surface area contributed by atoms with Gasteiger partial charge in [0.05, 0.1) is 18.7 Å². The topological polar surface area (TPSA) is 125 Å². The number of nitrogens with zero attached hydrogens (tertiary/aromatic N) is 2. The first kappa shape index (κ1) is 21.9. The summed E-state index contributed by atoms with van der Waals surface area (Å²) in [6, 6.07) is 14.5. The number of rotatable bonds is 8. The molecule has 8 heteroatoms. The molecule has 3 aromatic rings. The number of methoxy groups -OCH3 is 1. The smallest absolute Gasteiger partial charge is 0.255 e. The van der Waals surface area contributed by atoms with Crippen LogP contribution in [-0.2, 0) is 6.54 Å². The SMILES string of the molecule is CCC(C)n1nc(-c2ccc(CNC(=O)c3ccccc3OC)cc2)c(C(N)=O)c1N. The summed E-state index contributed by atoms with van der Waals surface area (Å²) in [5.74, 6) is -0.0541. The molecule has 2 aromatic carbocycles. The van der Waals surface area contributed by atoms with Gasteiger partial charge in [-0.2, -0.15) is 5.10 Å². The highest BCUT2D eigenvalue weighted by Gasteiger charge is 2.23. The largest absolute Gasteiger partial charge is 0.496 e. The molecule has 5 N–H and O–H groups in total. The van der Waals surface area contributed by atoms with Gasteiger partial charge in [-0.15, -0.1) is 0 Å². The van der Waals surface area contributed by atoms with Gasteiger partial charge in [0.25, 0.3) is 11.8 Å². The predicted octanol–water partition coefficient (Wildman–Crippen LogP) is 3.14. The Morgan fingerprint density at radius 1 is 1.16 bits per heavy atom. The van der Waals surface area contributed by atoms with Crippen molar-refractivity contribution in [1.82, 2.24) is 15.1 Å². The van der Waals surface area contributed by atoms with Gasteiger partial charge in [-0.05, 0) is 31.0 Å². The van der Waals surface area contributed by atoms with Crippen LogP contribution in [0.15, 0.2) is 48.5 Å². The van der Waals surface area contributed by atoms with E-state index in [1.54, 1.807) is 22.9 Å². The number of hydrogen-bond donors (Lipinski definition) is 3. The molecule has 0 fully saturated rings. The van der Waals surface area contributed by atoms with E-state index in [1.165, 1.54) is 7.11 Å². The molecule has 0 aliphatic carbocycles. The molecule has 2 amide bonds. The number of aromatic nitrogens is 2. The number of benzene rings is 2. The Labute approximate surface area is 181 Å². The Morgan fingerprint density at radius 3 is 2.45 bits per heavy atom. The zero-order chi connectivity index (χ0) is 22.5. The summed E-state index contributed by atoms with van der Waals surface area (Å²) in [5.41, 5.74) is 14.5. The highest BCUT2D eigenvalue weighted by molar-refractivity contribution is 6.03. The third kappa shape index (κ3) is 4.53. The van der Waals surface area contributed by atoms with Gasteiger partial charge in [-0.25, -0.2) is 4.68 Å². The van der Waals surface area contributed by atoms with Gasteiger partial charge < -0.3 is 21.5 Å². The van der Waals surface area contributed by atoms with Crippen LogP contribution in [0.1, 0.15) is 52.6 Å². The zero-order valence-electron chi connectivity index (χ0n) is 17.9. The highest BCUT2D eigenvalue weighted by atomic mass is 16.5. The quantitative estimate of drug-likeness (QED) is 0.515. The lowest BCUT2D eigenvalue weighted by Gasteiger charge is -2.10. The van der Waals surface area contributed by atoms with Crippen molar-refractivity contribution in [1.29, 1.82) is 0 Å². The number of carbonyl (C=O) groups excluding carboxylic acids is 2. The second kappa shape index (κ2) is 9.34. The Morgan fingerprint density at radius 2 is 1.84 bits per heavy atom. The second-order valence-electron chi connectivity index (χ2n) is 7.25. The van der Waals surface area contributed by atoms with E-state index in [0.29, 0.717) is 23.6 Å². The van der Waals surface area contributed by atoms with Crippen LogP contribution in [0.3, 0.4) is 0 Å². The minimum Gasteiger partial charge on any atom is -0.496 e. The fraction of sp³-hybridized carbons (Fsp3) is 0.261. The Bertz CT molecular complexity index is 1090. The number of primary amides is 1. The molecule has 1 heterocycles. The van der Waals surface area contributed by atoms with Crippen molar-refractivity contribution in [2.45, 2.75) is 32.9 Å². The number of nitrogens with one attached hydrogen (secondary N) is 1. The van der Waals surface area contributed by atoms with Crippen molar-refractivity contribution in [2.24, 2.45) is 5.73 Å². The summed E-state index contributed by atoms with van der Waals surface area (Å²) < 4.78 is 6.87. The Balaban J connectivity index is 1.79. The van der Waals surface area contributed by atoms with E-state index in [9.17, 15) is 9.59 Å². The molecule has 0 aliphatic rings. The molecule has 8 nitrogen and oxygen atoms in total. The summed E-state index contributed by atoms with van der Waals surface area (Å²) in [5, 5.41) is 7.42. The maximum Gasteiger partial charge on any atom is 0.255 e. The van der Waals surface area contributed by atoms with E-state index in [-0.39, 0.29) is 23.3 Å². The molecule has 0 radical (unpaired) electrons. The number of hydrogen-bond acceptors (Lipinski definition) is 5. The Kier molecular flexibility index (Phi) is 6.59. The van der Waals surface area contributed by atoms with Gasteiger partial charge >= 0.3 is 0 Å². The van der Waals surface area contributed by atoms with Crippen LogP contribution < -0.4 is 21.5 Å². The van der Waals surface area contributed by atoms with Crippen LogP contribution in [-0.4, -0.2) is 28.7 Å². The van der Waals surface area contributed by atoms with Gasteiger partial charge in [0.2, 0.25) is 0 Å². The van der Waals surface area contributed by atoms with Crippen molar-refractivity contribution in [3.63, 3.8) is 0 Å². The normalized spacial score (nSPS) is 11.7. The first-order valence-corrected chi connectivity index (χ1v) is 10.1. The molecule has 3 rings (SSSR count). The minimum atomic E-state index is -0.616. The predicted molar refractivity (Wildman–Crippen MR) is 120 cm³/mol. The minimum absolute atomic E-state index is 0.0383. The van der Waals surface area contributed by atoms with Crippen molar-refractivity contribution in [3.05, 3.63) is 65.2 Å². The number of ether oxygens (including phenoxy) is 1. The van der Waals surface area contributed by atoms with Crippen LogP contribution in [0, 0.1) is 0 Å². The average Bonchev–Trinajstić information content (AvgIpc) is 3.14. The van der Waals surface area contributed by atoms with E-state index >= 15 is 0 Å². The molecule has 0 bridgehead atoms. The van der Waals surface area contributed by atoms with Crippen molar-refractivity contribution >= 4 is 17.6 Å². The lowest BCUT2D eigenvalue weighted by molar-refractivity contribution is 0.0946. The molecule has 31 heavy (non-hydrogen) atoms. The number of anilines is 1. The lowest BCUT2D eigenvalue weighted by atomic mass is 10.0. The Hall–Kier alpha value is -3.81. The van der Waals surface area contributed by atoms with E-state index in [1.807, 2.05) is 44.2 Å². The molecular weight excluding hydrogens is 394 g/mol. The van der Waals surface area contributed by atoms with Gasteiger partial charge in [-0.3, -0.25) is 9.59 Å². The summed E-state index contributed by atoms with van der Waals surface area (Å²) in [7, 11) is 1.53. The summed E-state index contributed by atoms with van der Waals surface area (Å²) >= 11 is 0. The molecule has 1 aromatic heterocycles. The van der Waals surface area contributed by atoms with Crippen LogP contribution in [0.2, 0.25) is 0 Å². The van der Waals surface area contributed by atoms with E-state index in [2.05, 4.69) is 10.4 Å². The van der Waals surface area contributed by atoms with Gasteiger partial charge in [0.15, 0.2) is 0 Å². The monoisotopic (exact) mass is 421 g/mol. The molecular formula is C23H27N5O3. The maximum atomic E-state index is 12.5. The van der Waals surface area contributed by atoms with Crippen LogP contribution in [0.5, 0.6) is 5.75 Å². The van der Waals surface area contributed by atoms with Gasteiger partial charge in [0, 0.05) is 12.1 Å². The van der Waals surface area contributed by atoms with Crippen LogP contribution in [0.4, 0.5) is 5.82 Å². The number of amides is 2. The third-order valence-electron chi connectivity index (χ3n) is 5.23. The third-order valence-corrected chi connectivity index (χ3v) is 5.23. The van der Waals surface area contributed by atoms with E-state index in [4.69, 9.17) is 16.2 Å². The summed E-state index contributed by atoms with van der Waals surface area (Å²) in [6.07, 6.45) is 0.814. The molecule has 0 spiro atoms. The number of carbonyl (C=O) groups is 2. The molecule has 162 valence electrons. The molecule has 0 saturated heterocycles. The molecule has 0 saturated carbocycles. The first-order valence-electron chi connectivity index (χ1n) is 10.1. The highest BCUT2D eigenvalue weighted by Crippen LogP contribution is 2.30. The van der Waals surface area contributed by atoms with Crippen molar-refractivity contribution in [2.75, 3.05) is 12.8 Å². The van der Waals surface area contributed by atoms with Crippen LogP contribution in [0.25, 0.3) is 11.3 Å². The summed E-state index contributed by atoms with van der Waals surface area (Å²) in [4.78, 5) is 24.5. The molecule has 1 unspecified atom stereocenters. The summed E-state index contributed by atoms with van der Waals surface area (Å²) in [6.45, 7) is 4.33. The zero-order valence-corrected chi connectivity index (χ0v) is 17.9. The van der Waals surface area contributed by atoms with Gasteiger partial charge in [-0.1, -0.05) is 43.3 Å². The van der Waals surface area contributed by atoms with E-state index < -0.39 is 5.91 Å². The van der Waals surface area contributed by atoms with Crippen LogP contribution >= 0.6 is 0 Å². The first-order chi connectivity index (χ1) is 14.9. The molecule has 0 aliphatic heterocycles. The van der Waals surface area contributed by atoms with Crippen molar-refractivity contribution < 1.29 is 14.3 Å². The fourth-order valence-electron chi connectivity index (χ4n) is 3.29. The maximum absolute atomic E-state index is 12.5. The standard InChI is InChI=1S/C23H27N5O3/c1-4-14(2)28-21(24)19(22(25)29)20(27-28)16-11-9-15(10-12-16)13-26-23(30)17-7-5-6-8-18(17)31-3/h5-12,14H,4,13,24H2,1-3H3,(H2,25,29)(H,26,30). The van der Waals surface area contributed by atoms with Gasteiger partial charge in [0.1, 0.15) is 22.8 Å². The lowest BCUT2D eigenvalue weighted by Crippen LogP contribution is -2.23. The second-order valence-corrected chi connectivity index (χ2v) is 7.25. The fourth-order valence-corrected chi connectivity index (χ4v) is 3.29. The average molecular weight is 422 g/mol. The number of para-hydroxylation sites is 1.